The van der Waals surface area contributed by atoms with Crippen LogP contribution >= 0.6 is 0 Å². The van der Waals surface area contributed by atoms with E-state index in [2.05, 4.69) is 69.6 Å². The largest absolute Gasteiger partial charge is 0.380 e. The number of nitrogens with one attached hydrogen (secondary N) is 2. The Labute approximate surface area is 256 Å². The quantitative estimate of drug-likeness (QED) is 0.353. The molecule has 2 saturated heterocycles. The fourth-order valence-corrected chi connectivity index (χ4v) is 6.28. The van der Waals surface area contributed by atoms with E-state index in [9.17, 15) is 19.5 Å². The van der Waals surface area contributed by atoms with Crippen molar-refractivity contribution >= 4 is 29.1 Å². The molecule has 3 amide bonds. The molecule has 3 aliphatic heterocycles. The molecule has 4 heterocycles. The van der Waals surface area contributed by atoms with Gasteiger partial charge >= 0.3 is 0 Å². The summed E-state index contributed by atoms with van der Waals surface area (Å²) in [6.45, 7) is 8.35. The number of nitriles is 1. The maximum atomic E-state index is 13.4. The van der Waals surface area contributed by atoms with Crippen LogP contribution in [0.5, 0.6) is 0 Å². The lowest BCUT2D eigenvalue weighted by Crippen LogP contribution is -2.58. The second-order valence-electron chi connectivity index (χ2n) is 12.2. The second-order valence-corrected chi connectivity index (χ2v) is 12.2. The number of hydrogen-bond acceptors (Lipinski definition) is 9. The topological polar surface area (TPSA) is 142 Å². The van der Waals surface area contributed by atoms with Crippen LogP contribution in [0.4, 0.5) is 11.4 Å². The Balaban J connectivity index is 1.08. The minimum atomic E-state index is -0.966. The van der Waals surface area contributed by atoms with Crippen LogP contribution in [0.1, 0.15) is 64.2 Å². The van der Waals surface area contributed by atoms with Gasteiger partial charge in [-0.05, 0) is 62.1 Å². The summed E-state index contributed by atoms with van der Waals surface area (Å²) in [7, 11) is 0. The van der Waals surface area contributed by atoms with Crippen LogP contribution in [-0.2, 0) is 17.9 Å². The van der Waals surface area contributed by atoms with Crippen molar-refractivity contribution in [3.63, 3.8) is 0 Å². The predicted molar refractivity (Wildman–Crippen MR) is 164 cm³/mol. The Bertz CT molecular complexity index is 1630. The minimum Gasteiger partial charge on any atom is -0.380 e. The summed E-state index contributed by atoms with van der Waals surface area (Å²) in [6, 6.07) is 18.3. The zero-order valence-corrected chi connectivity index (χ0v) is 24.8. The van der Waals surface area contributed by atoms with Gasteiger partial charge < -0.3 is 20.6 Å². The highest BCUT2D eigenvalue weighted by atomic mass is 16.3. The number of carbonyl (C=O) groups is 3. The summed E-state index contributed by atoms with van der Waals surface area (Å²) in [5.41, 5.74) is 4.67. The molecule has 3 aliphatic rings. The number of hydrogen-bond donors (Lipinski definition) is 3. The number of benzene rings is 2. The van der Waals surface area contributed by atoms with Crippen molar-refractivity contribution in [2.45, 2.75) is 57.6 Å². The highest BCUT2D eigenvalue weighted by Gasteiger charge is 2.45. The molecule has 2 fully saturated rings. The fourth-order valence-electron chi connectivity index (χ4n) is 6.28. The maximum Gasteiger partial charge on any atom is 0.264 e. The Morgan fingerprint density at radius 2 is 1.80 bits per heavy atom. The molecular weight excluding hydrogens is 558 g/mol. The monoisotopic (exact) mass is 593 g/mol. The van der Waals surface area contributed by atoms with Crippen molar-refractivity contribution < 1.29 is 19.5 Å². The highest BCUT2D eigenvalue weighted by Crippen LogP contribution is 2.33. The molecule has 11 heteroatoms. The molecule has 0 bridgehead atoms. The van der Waals surface area contributed by atoms with Gasteiger partial charge in [0.15, 0.2) is 0 Å². The molecule has 1 aromatic heterocycles. The number of imide groups is 1. The SMILES string of the molecule is CC1(C)CN(c2ccc(C#N)nc2)CCN1Cc1ccc(CNc2cccc3c2C(=O)N(C2CCC(O)NC2=O)C3=O)cc1. The summed E-state index contributed by atoms with van der Waals surface area (Å²) in [6.07, 6.45) is 1.29. The number of amides is 3. The first-order valence-electron chi connectivity index (χ1n) is 14.8. The van der Waals surface area contributed by atoms with Crippen LogP contribution in [0.15, 0.2) is 60.8 Å². The lowest BCUT2D eigenvalue weighted by Gasteiger charge is -2.48. The molecule has 6 rings (SSSR count). The molecule has 11 nitrogen and oxygen atoms in total. The van der Waals surface area contributed by atoms with Gasteiger partial charge in [-0.1, -0.05) is 30.3 Å². The molecule has 3 aromatic rings. The normalized spacial score (nSPS) is 21.5. The van der Waals surface area contributed by atoms with Crippen molar-refractivity contribution in [2.24, 2.45) is 0 Å². The fraction of sp³-hybridized carbons (Fsp3) is 0.364. The number of fused-ring (bicyclic) bond motifs is 1. The minimum absolute atomic E-state index is 0.0734. The van der Waals surface area contributed by atoms with E-state index in [0.29, 0.717) is 17.9 Å². The first-order valence-corrected chi connectivity index (χ1v) is 14.8. The van der Waals surface area contributed by atoms with E-state index < -0.39 is 30.0 Å². The van der Waals surface area contributed by atoms with Crippen LogP contribution in [0, 0.1) is 11.3 Å². The summed E-state index contributed by atoms with van der Waals surface area (Å²) in [5, 5.41) is 24.5. The van der Waals surface area contributed by atoms with E-state index in [1.807, 2.05) is 6.07 Å². The summed E-state index contributed by atoms with van der Waals surface area (Å²) >= 11 is 0. The van der Waals surface area contributed by atoms with E-state index in [1.165, 1.54) is 5.56 Å². The van der Waals surface area contributed by atoms with Crippen molar-refractivity contribution in [3.05, 3.63) is 88.7 Å². The highest BCUT2D eigenvalue weighted by molar-refractivity contribution is 6.25. The smallest absolute Gasteiger partial charge is 0.264 e. The summed E-state index contributed by atoms with van der Waals surface area (Å²) in [4.78, 5) is 49.0. The first-order chi connectivity index (χ1) is 21.1. The lowest BCUT2D eigenvalue weighted by molar-refractivity contribution is -0.131. The number of anilines is 2. The molecule has 226 valence electrons. The van der Waals surface area contributed by atoms with Crippen molar-refractivity contribution in [2.75, 3.05) is 29.9 Å². The first kappa shape index (κ1) is 29.3. The molecule has 0 radical (unpaired) electrons. The Morgan fingerprint density at radius 3 is 2.48 bits per heavy atom. The predicted octanol–water partition coefficient (Wildman–Crippen LogP) is 2.86. The van der Waals surface area contributed by atoms with Gasteiger partial charge in [0, 0.05) is 44.0 Å². The van der Waals surface area contributed by atoms with Gasteiger partial charge in [0.1, 0.15) is 24.0 Å². The molecule has 0 aliphatic carbocycles. The van der Waals surface area contributed by atoms with Crippen LogP contribution in [-0.4, -0.2) is 75.1 Å². The Hall–Kier alpha value is -4.79. The Morgan fingerprint density at radius 1 is 1.02 bits per heavy atom. The average molecular weight is 594 g/mol. The van der Waals surface area contributed by atoms with Crippen LogP contribution in [0.3, 0.4) is 0 Å². The number of aromatic nitrogens is 1. The van der Waals surface area contributed by atoms with Gasteiger partial charge in [-0.15, -0.1) is 0 Å². The number of carbonyl (C=O) groups excluding carboxylic acids is 3. The number of piperazine rings is 1. The molecular formula is C33H35N7O4. The van der Waals surface area contributed by atoms with Crippen LogP contribution in [0.25, 0.3) is 0 Å². The maximum absolute atomic E-state index is 13.4. The van der Waals surface area contributed by atoms with E-state index in [4.69, 9.17) is 5.26 Å². The second kappa shape index (κ2) is 11.7. The lowest BCUT2D eigenvalue weighted by atomic mass is 9.97. The van der Waals surface area contributed by atoms with Crippen LogP contribution < -0.4 is 15.5 Å². The Kier molecular flexibility index (Phi) is 7.80. The van der Waals surface area contributed by atoms with Gasteiger partial charge in [-0.3, -0.25) is 24.2 Å². The van der Waals surface area contributed by atoms with Gasteiger partial charge in [-0.25, -0.2) is 4.98 Å². The number of rotatable bonds is 7. The van der Waals surface area contributed by atoms with Gasteiger partial charge in [0.05, 0.1) is 23.0 Å². The van der Waals surface area contributed by atoms with Gasteiger partial charge in [0.25, 0.3) is 11.8 Å². The van der Waals surface area contributed by atoms with E-state index in [-0.39, 0.29) is 29.5 Å². The average Bonchev–Trinajstić information content (AvgIpc) is 3.27. The molecule has 44 heavy (non-hydrogen) atoms. The van der Waals surface area contributed by atoms with E-state index in [0.717, 1.165) is 42.3 Å². The van der Waals surface area contributed by atoms with E-state index in [1.54, 1.807) is 30.5 Å². The molecule has 0 saturated carbocycles. The summed E-state index contributed by atoms with van der Waals surface area (Å²) < 4.78 is 0. The third-order valence-electron chi connectivity index (χ3n) is 8.76. The number of nitrogens with zero attached hydrogens (tertiary/aromatic N) is 5. The third kappa shape index (κ3) is 5.62. The molecule has 2 unspecified atom stereocenters. The number of pyridine rings is 1. The number of piperidine rings is 1. The van der Waals surface area contributed by atoms with Gasteiger partial charge in [0.2, 0.25) is 5.91 Å². The number of aliphatic hydroxyl groups is 1. The molecule has 3 N–H and O–H groups in total. The summed E-state index contributed by atoms with van der Waals surface area (Å²) in [5.74, 6) is -1.52. The van der Waals surface area contributed by atoms with Crippen molar-refractivity contribution in [3.8, 4) is 6.07 Å². The van der Waals surface area contributed by atoms with Crippen molar-refractivity contribution in [1.29, 1.82) is 5.26 Å². The number of aliphatic hydroxyl groups excluding tert-OH is 1. The molecule has 0 spiro atoms. The standard InChI is InChI=1S/C33H35N7O4/c1-33(2)20-38(24-11-10-23(16-34)35-18-24)14-15-39(33)19-22-8-6-21(7-9-22)17-36-26-5-3-4-25-29(26)32(44)40(31(25)43)27-12-13-28(41)37-30(27)42/h3-11,18,27-28,36,41H,12-15,17,19-20H2,1-2H3,(H,37,42). The van der Waals surface area contributed by atoms with Crippen LogP contribution in [0.2, 0.25) is 0 Å². The van der Waals surface area contributed by atoms with Gasteiger partial charge in [-0.2, -0.15) is 5.26 Å². The zero-order chi connectivity index (χ0) is 31.0. The third-order valence-corrected chi connectivity index (χ3v) is 8.76. The molecule has 2 aromatic carbocycles. The zero-order valence-electron chi connectivity index (χ0n) is 24.8. The molecule has 2 atom stereocenters. The van der Waals surface area contributed by atoms with Crippen molar-refractivity contribution in [1.82, 2.24) is 20.1 Å². The van der Waals surface area contributed by atoms with E-state index >= 15 is 0 Å².